The minimum Gasteiger partial charge on any atom is -0.507 e. The van der Waals surface area contributed by atoms with Gasteiger partial charge in [0.15, 0.2) is 0 Å². The van der Waals surface area contributed by atoms with Gasteiger partial charge in [-0.2, -0.15) is 0 Å². The molecule has 0 radical (unpaired) electrons. The van der Waals surface area contributed by atoms with Crippen LogP contribution in [0.3, 0.4) is 0 Å². The van der Waals surface area contributed by atoms with Crippen LogP contribution in [0.25, 0.3) is 0 Å². The van der Waals surface area contributed by atoms with E-state index in [2.05, 4.69) is 0 Å². The fraction of sp³-hybridized carbons (Fsp3) is 0.500. The zero-order chi connectivity index (χ0) is 11.7. The number of benzene rings is 1. The smallest absolute Gasteiger partial charge is 0.124 e. The van der Waals surface area contributed by atoms with E-state index in [1.165, 1.54) is 0 Å². The molecule has 0 heterocycles. The maximum Gasteiger partial charge on any atom is 0.124 e. The molecule has 2 nitrogen and oxygen atoms in total. The van der Waals surface area contributed by atoms with E-state index in [-0.39, 0.29) is 12.0 Å². The summed E-state index contributed by atoms with van der Waals surface area (Å²) in [4.78, 5) is 0. The van der Waals surface area contributed by atoms with Crippen LogP contribution >= 0.6 is 11.6 Å². The Bertz CT molecular complexity index is 372. The molecule has 1 unspecified atom stereocenters. The second-order valence-corrected chi connectivity index (χ2v) is 4.69. The number of aromatic hydroxyl groups is 1. The maximum atomic E-state index is 10.1. The van der Waals surface area contributed by atoms with Crippen LogP contribution in [0.1, 0.15) is 49.4 Å². The number of rotatable bonds is 2. The van der Waals surface area contributed by atoms with Crippen molar-refractivity contribution in [2.24, 2.45) is 5.73 Å². The van der Waals surface area contributed by atoms with Crippen LogP contribution in [0.4, 0.5) is 0 Å². The van der Waals surface area contributed by atoms with Crippen molar-refractivity contribution >= 4 is 11.6 Å². The molecule has 0 aromatic heterocycles. The Hall–Kier alpha value is -0.730. The topological polar surface area (TPSA) is 46.2 Å². The molecule has 84 valence electrons. The van der Waals surface area contributed by atoms with Crippen molar-refractivity contribution in [1.29, 1.82) is 0 Å². The SMILES string of the molecule is Cc1c(Cl)cc(C(C)C)c(O)c1C(C)N. The largest absolute Gasteiger partial charge is 0.507 e. The van der Waals surface area contributed by atoms with E-state index < -0.39 is 0 Å². The van der Waals surface area contributed by atoms with Gasteiger partial charge in [0.05, 0.1) is 0 Å². The van der Waals surface area contributed by atoms with E-state index in [4.69, 9.17) is 17.3 Å². The Labute approximate surface area is 96.1 Å². The van der Waals surface area contributed by atoms with Crippen molar-refractivity contribution in [3.8, 4) is 5.75 Å². The molecule has 0 fully saturated rings. The van der Waals surface area contributed by atoms with Gasteiger partial charge < -0.3 is 10.8 Å². The van der Waals surface area contributed by atoms with Crippen LogP contribution in [-0.2, 0) is 0 Å². The third-order valence-electron chi connectivity index (χ3n) is 2.65. The van der Waals surface area contributed by atoms with E-state index >= 15 is 0 Å². The van der Waals surface area contributed by atoms with Gasteiger partial charge in [0.25, 0.3) is 0 Å². The van der Waals surface area contributed by atoms with Crippen LogP contribution in [0, 0.1) is 6.92 Å². The Balaban J connectivity index is 3.49. The van der Waals surface area contributed by atoms with Crippen molar-refractivity contribution in [1.82, 2.24) is 0 Å². The van der Waals surface area contributed by atoms with E-state index in [1.54, 1.807) is 0 Å². The highest BCUT2D eigenvalue weighted by Gasteiger charge is 2.18. The first-order valence-corrected chi connectivity index (χ1v) is 5.51. The summed E-state index contributed by atoms with van der Waals surface area (Å²) >= 11 is 6.11. The molecule has 0 aliphatic rings. The summed E-state index contributed by atoms with van der Waals surface area (Å²) in [6, 6.07) is 1.61. The lowest BCUT2D eigenvalue weighted by Gasteiger charge is -2.18. The molecule has 0 aliphatic carbocycles. The van der Waals surface area contributed by atoms with Gasteiger partial charge in [-0.1, -0.05) is 25.4 Å². The number of nitrogens with two attached hydrogens (primary N) is 1. The van der Waals surface area contributed by atoms with E-state index in [9.17, 15) is 5.11 Å². The molecule has 0 spiro atoms. The van der Waals surface area contributed by atoms with E-state index in [0.29, 0.717) is 10.8 Å². The average Bonchev–Trinajstić information content (AvgIpc) is 2.10. The predicted octanol–water partition coefficient (Wildman–Crippen LogP) is 3.50. The van der Waals surface area contributed by atoms with E-state index in [1.807, 2.05) is 33.8 Å². The van der Waals surface area contributed by atoms with Crippen LogP contribution in [-0.4, -0.2) is 5.11 Å². The van der Waals surface area contributed by atoms with Gasteiger partial charge in [0.1, 0.15) is 5.75 Å². The molecule has 0 amide bonds. The van der Waals surface area contributed by atoms with E-state index in [0.717, 1.165) is 16.7 Å². The van der Waals surface area contributed by atoms with Gasteiger partial charge in [-0.15, -0.1) is 0 Å². The summed E-state index contributed by atoms with van der Waals surface area (Å²) in [6.07, 6.45) is 0. The average molecular weight is 228 g/mol. The second kappa shape index (κ2) is 4.42. The third kappa shape index (κ3) is 2.27. The lowest BCUT2D eigenvalue weighted by Crippen LogP contribution is -2.09. The number of halogens is 1. The first-order valence-electron chi connectivity index (χ1n) is 5.13. The minimum absolute atomic E-state index is 0.207. The summed E-state index contributed by atoms with van der Waals surface area (Å²) in [5.74, 6) is 0.530. The lowest BCUT2D eigenvalue weighted by molar-refractivity contribution is 0.452. The standard InChI is InChI=1S/C12H18ClNO/c1-6(2)9-5-10(13)7(3)11(8(4)14)12(9)15/h5-6,8,15H,14H2,1-4H3. The van der Waals surface area contributed by atoms with Crippen LogP contribution in [0.15, 0.2) is 6.07 Å². The Kier molecular flexibility index (Phi) is 3.63. The van der Waals surface area contributed by atoms with Gasteiger partial charge in [-0.05, 0) is 37.0 Å². The predicted molar refractivity (Wildman–Crippen MR) is 64.5 cm³/mol. The highest BCUT2D eigenvalue weighted by Crippen LogP contribution is 2.38. The Morgan fingerprint density at radius 1 is 1.33 bits per heavy atom. The Morgan fingerprint density at radius 2 is 1.87 bits per heavy atom. The molecule has 0 bridgehead atoms. The molecule has 3 N–H and O–H groups in total. The summed E-state index contributed by atoms with van der Waals surface area (Å²) in [5, 5.41) is 10.8. The number of phenolic OH excluding ortho intramolecular Hbond substituents is 1. The maximum absolute atomic E-state index is 10.1. The zero-order valence-corrected chi connectivity index (χ0v) is 10.4. The van der Waals surface area contributed by atoms with Crippen molar-refractivity contribution in [2.45, 2.75) is 39.7 Å². The highest BCUT2D eigenvalue weighted by molar-refractivity contribution is 6.31. The summed E-state index contributed by atoms with van der Waals surface area (Å²) < 4.78 is 0. The molecule has 0 saturated carbocycles. The fourth-order valence-corrected chi connectivity index (χ4v) is 1.99. The normalized spacial score (nSPS) is 13.3. The van der Waals surface area contributed by atoms with Crippen molar-refractivity contribution < 1.29 is 5.11 Å². The first-order chi connectivity index (χ1) is 6.86. The molecule has 15 heavy (non-hydrogen) atoms. The monoisotopic (exact) mass is 227 g/mol. The van der Waals surface area contributed by atoms with Gasteiger partial charge in [0, 0.05) is 16.6 Å². The quantitative estimate of drug-likeness (QED) is 0.813. The molecule has 3 heteroatoms. The third-order valence-corrected chi connectivity index (χ3v) is 3.04. The number of hydrogen-bond acceptors (Lipinski definition) is 2. The molecule has 1 aromatic rings. The Morgan fingerprint density at radius 3 is 2.27 bits per heavy atom. The van der Waals surface area contributed by atoms with Gasteiger partial charge in [-0.3, -0.25) is 0 Å². The molecular formula is C12H18ClNO. The summed E-state index contributed by atoms with van der Waals surface area (Å²) in [6.45, 7) is 7.77. The van der Waals surface area contributed by atoms with Gasteiger partial charge in [0.2, 0.25) is 0 Å². The highest BCUT2D eigenvalue weighted by atomic mass is 35.5. The first kappa shape index (κ1) is 12.3. The van der Waals surface area contributed by atoms with Crippen LogP contribution in [0.5, 0.6) is 5.75 Å². The lowest BCUT2D eigenvalue weighted by atomic mass is 9.93. The van der Waals surface area contributed by atoms with Crippen LogP contribution < -0.4 is 5.73 Å². The minimum atomic E-state index is -0.207. The molecule has 1 atom stereocenters. The van der Waals surface area contributed by atoms with Gasteiger partial charge >= 0.3 is 0 Å². The number of hydrogen-bond donors (Lipinski definition) is 2. The molecule has 1 rings (SSSR count). The zero-order valence-electron chi connectivity index (χ0n) is 9.63. The van der Waals surface area contributed by atoms with Crippen molar-refractivity contribution in [3.05, 3.63) is 27.8 Å². The fourth-order valence-electron chi connectivity index (χ4n) is 1.77. The molecule has 1 aromatic carbocycles. The summed E-state index contributed by atoms with van der Waals surface area (Å²) in [7, 11) is 0. The van der Waals surface area contributed by atoms with Gasteiger partial charge in [-0.25, -0.2) is 0 Å². The van der Waals surface area contributed by atoms with Crippen LogP contribution in [0.2, 0.25) is 5.02 Å². The summed E-state index contributed by atoms with van der Waals surface area (Å²) in [5.41, 5.74) is 8.32. The van der Waals surface area contributed by atoms with Crippen molar-refractivity contribution in [2.75, 3.05) is 0 Å². The molecular weight excluding hydrogens is 210 g/mol. The number of phenols is 1. The molecule has 0 aliphatic heterocycles. The molecule has 0 saturated heterocycles. The second-order valence-electron chi connectivity index (χ2n) is 4.28. The van der Waals surface area contributed by atoms with Crippen molar-refractivity contribution in [3.63, 3.8) is 0 Å².